The van der Waals surface area contributed by atoms with Crippen LogP contribution in [-0.4, -0.2) is 115 Å². The molecular weight excluding hydrogens is 869 g/mol. The molecular formula is C43H42N8O15. The number of hydrogen-bond donors (Lipinski definition) is 7. The number of rotatable bonds is 12. The van der Waals surface area contributed by atoms with E-state index in [1.807, 2.05) is 13.0 Å². The summed E-state index contributed by atoms with van der Waals surface area (Å²) in [5, 5.41) is 23.5. The van der Waals surface area contributed by atoms with Gasteiger partial charge in [-0.15, -0.1) is 0 Å². The molecule has 344 valence electrons. The number of aromatic amines is 1. The Kier molecular flexibility index (Phi) is 11.3. The quantitative estimate of drug-likeness (QED) is 0.0349. The number of epoxide rings is 1. The second-order valence-corrected chi connectivity index (χ2v) is 16.6. The van der Waals surface area contributed by atoms with Crippen LogP contribution in [0, 0.1) is 10.8 Å². The normalized spacial score (nSPS) is 25.7. The number of nitrogen functional groups attached to an aromatic ring is 1. The molecule has 2 saturated heterocycles. The van der Waals surface area contributed by atoms with E-state index in [1.54, 1.807) is 6.92 Å². The van der Waals surface area contributed by atoms with Crippen molar-refractivity contribution in [1.82, 2.24) is 30.8 Å². The van der Waals surface area contributed by atoms with Gasteiger partial charge in [-0.05, 0) is 56.2 Å². The topological polar surface area (TPSA) is 343 Å². The summed E-state index contributed by atoms with van der Waals surface area (Å²) in [6.45, 7) is 6.16. The molecule has 2 aliphatic heterocycles. The van der Waals surface area contributed by atoms with E-state index in [2.05, 4.69) is 36.1 Å². The monoisotopic (exact) mass is 910 g/mol. The van der Waals surface area contributed by atoms with Crippen LogP contribution in [0.4, 0.5) is 11.6 Å². The molecule has 4 heterocycles. The molecule has 23 nitrogen and oxygen atoms in total. The number of carboxylic acid groups (broad SMARTS) is 2. The predicted octanol–water partition coefficient (Wildman–Crippen LogP) is 1.68. The number of benzene rings is 2. The van der Waals surface area contributed by atoms with Crippen molar-refractivity contribution >= 4 is 64.5 Å². The van der Waals surface area contributed by atoms with Crippen molar-refractivity contribution in [3.63, 3.8) is 0 Å². The zero-order valence-electron chi connectivity index (χ0n) is 35.6. The van der Waals surface area contributed by atoms with Crippen LogP contribution in [0.2, 0.25) is 0 Å². The number of anilines is 2. The highest BCUT2D eigenvalue weighted by molar-refractivity contribution is 6.11. The van der Waals surface area contributed by atoms with Gasteiger partial charge in [-0.1, -0.05) is 18.6 Å². The van der Waals surface area contributed by atoms with Crippen LogP contribution in [0.3, 0.4) is 0 Å². The first kappa shape index (κ1) is 44.8. The highest BCUT2D eigenvalue weighted by Crippen LogP contribution is 2.72. The fourth-order valence-electron chi connectivity index (χ4n) is 9.43. The third-order valence-corrected chi connectivity index (χ3v) is 12.8. The van der Waals surface area contributed by atoms with Gasteiger partial charge >= 0.3 is 29.8 Å². The Morgan fingerprint density at radius 3 is 2.24 bits per heavy atom. The minimum Gasteiger partial charge on any atom is -0.478 e. The Morgan fingerprint density at radius 1 is 0.924 bits per heavy atom. The molecule has 2 amide bonds. The van der Waals surface area contributed by atoms with E-state index in [4.69, 9.17) is 29.4 Å². The number of fused-ring (bicyclic) bond motifs is 3. The van der Waals surface area contributed by atoms with Crippen molar-refractivity contribution in [3.8, 4) is 0 Å². The number of nitrogens with one attached hydrogen (secondary N) is 4. The summed E-state index contributed by atoms with van der Waals surface area (Å²) < 4.78 is 30.3. The molecule has 2 bridgehead atoms. The molecule has 23 heteroatoms. The Morgan fingerprint density at radius 2 is 1.59 bits per heavy atom. The molecule has 1 saturated carbocycles. The number of amides is 2. The second-order valence-electron chi connectivity index (χ2n) is 16.6. The lowest BCUT2D eigenvalue weighted by molar-refractivity contribution is -0.233. The van der Waals surface area contributed by atoms with Gasteiger partial charge in [0.05, 0.1) is 58.8 Å². The number of ether oxygens (including phenoxy) is 5. The first-order chi connectivity index (χ1) is 31.3. The average molecular weight is 911 g/mol. The van der Waals surface area contributed by atoms with Crippen molar-refractivity contribution in [2.75, 3.05) is 24.3 Å². The number of hydrazine groups is 1. The minimum absolute atomic E-state index is 0.00578. The molecule has 0 unspecified atom stereocenters. The van der Waals surface area contributed by atoms with Crippen LogP contribution in [0.15, 0.2) is 59.0 Å². The Hall–Kier alpha value is -7.79. The van der Waals surface area contributed by atoms with Crippen molar-refractivity contribution in [3.05, 3.63) is 98.1 Å². The largest absolute Gasteiger partial charge is 0.478 e. The van der Waals surface area contributed by atoms with E-state index in [9.17, 15) is 48.6 Å². The van der Waals surface area contributed by atoms with Gasteiger partial charge in [0.1, 0.15) is 18.3 Å². The number of allylic oxidation sites excluding steroid dienone is 1. The number of hydrogen-bond acceptors (Lipinski definition) is 18. The number of H-pyrrole nitrogens is 1. The fraction of sp³-hybridized carbons (Fsp3) is 0.372. The number of carbonyl (C=O) groups is 7. The summed E-state index contributed by atoms with van der Waals surface area (Å²) in [4.78, 5) is 118. The molecule has 3 fully saturated rings. The average Bonchev–Trinajstić information content (AvgIpc) is 4.06. The van der Waals surface area contributed by atoms with Crippen LogP contribution < -0.4 is 27.5 Å². The van der Waals surface area contributed by atoms with Crippen LogP contribution in [-0.2, 0) is 39.8 Å². The third kappa shape index (κ3) is 7.59. The van der Waals surface area contributed by atoms with Crippen LogP contribution >= 0.6 is 0 Å². The van der Waals surface area contributed by atoms with Gasteiger partial charge in [-0.3, -0.25) is 39.8 Å². The lowest BCUT2D eigenvalue weighted by Crippen LogP contribution is -2.66. The number of nitrogens with two attached hydrogens (primary N) is 1. The minimum atomic E-state index is -1.74. The van der Waals surface area contributed by atoms with Crippen LogP contribution in [0.5, 0.6) is 0 Å². The second kappa shape index (κ2) is 16.6. The Balaban J connectivity index is 0.997. The van der Waals surface area contributed by atoms with Gasteiger partial charge in [-0.2, -0.15) is 4.98 Å². The molecule has 0 radical (unpaired) electrons. The molecule has 4 aromatic rings. The zero-order valence-corrected chi connectivity index (χ0v) is 35.6. The SMILES string of the molecule is CC(=O)OC[C@]12CCC(C)=C[C@H]1O[C@@H]1[C@H](OC(=O)c3cc(C(=O)O)c(C(=O)NNC(=O)c4ccc(NCc5cnc6nc(N)[nH]c(=O)c6n5)cc4)cc3C(=O)O)[C@@H](OC(C)=O)[C@@]2(C)[C@@]12CO2. The number of carbonyl (C=O) groups excluding carboxylic acids is 5. The molecule has 2 aliphatic carbocycles. The summed E-state index contributed by atoms with van der Waals surface area (Å²) in [5.74, 6) is -8.33. The predicted molar refractivity (Wildman–Crippen MR) is 224 cm³/mol. The standard InChI is InChI=1S/C43H42N8O15/c1-18-9-10-42(16-62-19(2)52)28(11-18)65-32-30(31(64-20(3)53)41(42,4)43(32)17-63-43)66-39(61)27-13-25(37(57)58)24(12-26(27)38(59)60)35(55)51-50-34(54)21-5-7-22(8-6-21)45-14-23-15-46-33-29(47-23)36(56)49-40(44)48-33/h5-8,11-13,15,28,30-32,45H,9-10,14,16-17H2,1-4H3,(H,50,54)(H,51,55)(H,57,58)(H,59,60)(H3,44,46,48,49,56)/t28-,30-,31-,32-,41-,42-,43-/m1/s1. The number of esters is 3. The van der Waals surface area contributed by atoms with E-state index in [0.29, 0.717) is 36.4 Å². The van der Waals surface area contributed by atoms with Gasteiger partial charge in [0, 0.05) is 30.5 Å². The van der Waals surface area contributed by atoms with Crippen molar-refractivity contribution in [2.24, 2.45) is 10.8 Å². The van der Waals surface area contributed by atoms with E-state index in [0.717, 1.165) is 12.5 Å². The first-order valence-corrected chi connectivity index (χ1v) is 20.4. The fourth-order valence-corrected chi connectivity index (χ4v) is 9.43. The molecule has 4 aliphatic rings. The number of nitrogens with zero attached hydrogens (tertiary/aromatic N) is 3. The smallest absolute Gasteiger partial charge is 0.339 e. The van der Waals surface area contributed by atoms with E-state index < -0.39 is 110 Å². The van der Waals surface area contributed by atoms with Crippen LogP contribution in [0.1, 0.15) is 98.0 Å². The van der Waals surface area contributed by atoms with Crippen molar-refractivity contribution in [2.45, 2.75) is 77.1 Å². The molecule has 66 heavy (non-hydrogen) atoms. The summed E-state index contributed by atoms with van der Waals surface area (Å²) in [5.41, 5.74) is 4.61. The van der Waals surface area contributed by atoms with Crippen LogP contribution in [0.25, 0.3) is 11.2 Å². The highest BCUT2D eigenvalue weighted by atomic mass is 16.7. The summed E-state index contributed by atoms with van der Waals surface area (Å²) >= 11 is 0. The highest BCUT2D eigenvalue weighted by Gasteiger charge is 2.86. The maximum absolute atomic E-state index is 14.2. The lowest BCUT2D eigenvalue weighted by Gasteiger charge is -2.57. The van der Waals surface area contributed by atoms with E-state index in [1.165, 1.54) is 37.4 Å². The number of carboxylic acids is 2. The zero-order chi connectivity index (χ0) is 47.5. The first-order valence-electron chi connectivity index (χ1n) is 20.4. The van der Waals surface area contributed by atoms with Gasteiger partial charge < -0.3 is 44.9 Å². The van der Waals surface area contributed by atoms with Crippen molar-refractivity contribution in [1.29, 1.82) is 0 Å². The maximum Gasteiger partial charge on any atom is 0.339 e. The summed E-state index contributed by atoms with van der Waals surface area (Å²) in [6, 6.07) is 7.18. The molecule has 7 atom stereocenters. The third-order valence-electron chi connectivity index (χ3n) is 12.8. The van der Waals surface area contributed by atoms with Gasteiger partial charge in [-0.25, -0.2) is 24.4 Å². The Labute approximate surface area is 372 Å². The number of aromatic nitrogens is 4. The Bertz CT molecular complexity index is 2840. The molecule has 2 aromatic heterocycles. The number of aromatic carboxylic acids is 2. The van der Waals surface area contributed by atoms with Gasteiger partial charge in [0.2, 0.25) is 5.95 Å². The van der Waals surface area contributed by atoms with E-state index in [-0.39, 0.29) is 42.4 Å². The molecule has 8 rings (SSSR count). The summed E-state index contributed by atoms with van der Waals surface area (Å²) in [6.07, 6.45) is -0.283. The van der Waals surface area contributed by atoms with E-state index >= 15 is 0 Å². The lowest BCUT2D eigenvalue weighted by atomic mass is 9.51. The van der Waals surface area contributed by atoms with Crippen molar-refractivity contribution < 1.29 is 67.5 Å². The van der Waals surface area contributed by atoms with Gasteiger partial charge in [0.15, 0.2) is 23.4 Å². The molecule has 8 N–H and O–H groups in total. The molecule has 1 spiro atoms. The summed E-state index contributed by atoms with van der Waals surface area (Å²) in [7, 11) is 0. The van der Waals surface area contributed by atoms with Gasteiger partial charge in [0.25, 0.3) is 17.4 Å². The maximum atomic E-state index is 14.2. The molecule has 2 aromatic carbocycles.